The van der Waals surface area contributed by atoms with Gasteiger partial charge in [0.05, 0.1) is 23.8 Å². The number of ether oxygens (including phenoxy) is 2. The maximum absolute atomic E-state index is 11.6. The average Bonchev–Trinajstić information content (AvgIpc) is 2.79. The molecular weight excluding hydrogens is 246 g/mol. The zero-order valence-electron chi connectivity index (χ0n) is 10.00. The highest BCUT2D eigenvalue weighted by molar-refractivity contribution is 6.04. The molecule has 5 nitrogen and oxygen atoms in total. The van der Waals surface area contributed by atoms with Crippen LogP contribution in [0.5, 0.6) is 0 Å². The number of fused-ring (bicyclic) bond motifs is 5. The first-order valence-electron chi connectivity index (χ1n) is 6.16. The van der Waals surface area contributed by atoms with E-state index in [0.29, 0.717) is 35.2 Å². The van der Waals surface area contributed by atoms with Crippen LogP contribution < -0.4 is 0 Å². The van der Waals surface area contributed by atoms with Gasteiger partial charge in [0.25, 0.3) is 0 Å². The maximum atomic E-state index is 11.6. The average molecular weight is 257 g/mol. The number of hydrogen-bond acceptors (Lipinski definition) is 4. The summed E-state index contributed by atoms with van der Waals surface area (Å²) in [4.78, 5) is 16.1. The van der Waals surface area contributed by atoms with Crippen molar-refractivity contribution >= 4 is 16.9 Å². The summed E-state index contributed by atoms with van der Waals surface area (Å²) in [5, 5.41) is 10.2. The molecule has 2 aliphatic rings. The molecular formula is C14H11NO4. The number of para-hydroxylation sites is 1. The van der Waals surface area contributed by atoms with Crippen LogP contribution in [0.3, 0.4) is 0 Å². The second-order valence-corrected chi connectivity index (χ2v) is 4.80. The van der Waals surface area contributed by atoms with Gasteiger partial charge in [-0.05, 0) is 11.6 Å². The molecule has 1 N–H and O–H groups in total. The summed E-state index contributed by atoms with van der Waals surface area (Å²) in [7, 11) is 0. The first kappa shape index (κ1) is 10.9. The predicted molar refractivity (Wildman–Crippen MR) is 66.0 cm³/mol. The molecule has 2 bridgehead atoms. The molecule has 1 aromatic carbocycles. The van der Waals surface area contributed by atoms with E-state index in [9.17, 15) is 9.90 Å². The molecule has 0 aliphatic carbocycles. The molecule has 2 aliphatic heterocycles. The van der Waals surface area contributed by atoms with Crippen molar-refractivity contribution in [2.24, 2.45) is 0 Å². The topological polar surface area (TPSA) is 68.7 Å². The van der Waals surface area contributed by atoms with Crippen LogP contribution in [0, 0.1) is 0 Å². The van der Waals surface area contributed by atoms with Gasteiger partial charge in [-0.3, -0.25) is 0 Å². The minimum Gasteiger partial charge on any atom is -0.478 e. The van der Waals surface area contributed by atoms with Crippen LogP contribution in [0.4, 0.5) is 0 Å². The SMILES string of the molecule is O=C(O)c1c2c(nc3ccccc13)[C@@H]1OC[C@@H](C2)O1. The van der Waals surface area contributed by atoms with Crippen LogP contribution in [-0.2, 0) is 15.9 Å². The molecule has 1 saturated heterocycles. The molecule has 19 heavy (non-hydrogen) atoms. The van der Waals surface area contributed by atoms with Crippen LogP contribution >= 0.6 is 0 Å². The largest absolute Gasteiger partial charge is 0.478 e. The number of carbonyl (C=O) groups is 1. The third-order valence-electron chi connectivity index (χ3n) is 3.64. The van der Waals surface area contributed by atoms with E-state index in [0.717, 1.165) is 5.56 Å². The summed E-state index contributed by atoms with van der Waals surface area (Å²) in [5.41, 5.74) is 2.37. The fraction of sp³-hybridized carbons (Fsp3) is 0.286. The molecule has 3 heterocycles. The zero-order chi connectivity index (χ0) is 13.0. The number of aromatic nitrogens is 1. The van der Waals surface area contributed by atoms with Crippen LogP contribution in [0.2, 0.25) is 0 Å². The summed E-state index contributed by atoms with van der Waals surface area (Å²) in [6.07, 6.45) is -0.0271. The Morgan fingerprint density at radius 1 is 1.37 bits per heavy atom. The van der Waals surface area contributed by atoms with Gasteiger partial charge in [0, 0.05) is 11.8 Å². The fourth-order valence-corrected chi connectivity index (χ4v) is 2.84. The highest BCUT2D eigenvalue weighted by Crippen LogP contribution is 2.38. The number of hydrogen-bond donors (Lipinski definition) is 1. The normalized spacial score (nSPS) is 24.4. The van der Waals surface area contributed by atoms with E-state index in [1.54, 1.807) is 6.07 Å². The van der Waals surface area contributed by atoms with Gasteiger partial charge in [-0.2, -0.15) is 0 Å². The fourth-order valence-electron chi connectivity index (χ4n) is 2.84. The van der Waals surface area contributed by atoms with Crippen molar-refractivity contribution in [1.82, 2.24) is 4.98 Å². The molecule has 2 aromatic rings. The van der Waals surface area contributed by atoms with Crippen molar-refractivity contribution in [2.45, 2.75) is 18.8 Å². The van der Waals surface area contributed by atoms with Gasteiger partial charge >= 0.3 is 5.97 Å². The monoisotopic (exact) mass is 257 g/mol. The quantitative estimate of drug-likeness (QED) is 0.845. The predicted octanol–water partition coefficient (Wildman–Crippen LogP) is 1.90. The van der Waals surface area contributed by atoms with Gasteiger partial charge in [0.15, 0.2) is 0 Å². The molecule has 1 aromatic heterocycles. The number of pyridine rings is 1. The minimum absolute atomic E-state index is 0.0569. The van der Waals surface area contributed by atoms with Crippen LogP contribution in [-0.4, -0.2) is 28.8 Å². The van der Waals surface area contributed by atoms with E-state index < -0.39 is 12.3 Å². The van der Waals surface area contributed by atoms with Crippen molar-refractivity contribution in [1.29, 1.82) is 0 Å². The lowest BCUT2D eigenvalue weighted by Gasteiger charge is -2.23. The van der Waals surface area contributed by atoms with Crippen LogP contribution in [0.1, 0.15) is 27.9 Å². The van der Waals surface area contributed by atoms with E-state index in [1.807, 2.05) is 18.2 Å². The van der Waals surface area contributed by atoms with Gasteiger partial charge in [-0.15, -0.1) is 0 Å². The van der Waals surface area contributed by atoms with Gasteiger partial charge < -0.3 is 14.6 Å². The molecule has 96 valence electrons. The summed E-state index contributed by atoms with van der Waals surface area (Å²) >= 11 is 0. The Kier molecular flexibility index (Phi) is 2.15. The molecule has 0 spiro atoms. The Morgan fingerprint density at radius 2 is 2.21 bits per heavy atom. The Balaban J connectivity index is 2.09. The zero-order valence-corrected chi connectivity index (χ0v) is 10.00. The smallest absolute Gasteiger partial charge is 0.336 e. The van der Waals surface area contributed by atoms with Gasteiger partial charge in [-0.1, -0.05) is 18.2 Å². The second kappa shape index (κ2) is 3.76. The van der Waals surface area contributed by atoms with E-state index in [2.05, 4.69) is 4.98 Å². The molecule has 1 fully saturated rings. The number of carboxylic acid groups (broad SMARTS) is 1. The molecule has 0 amide bonds. The summed E-state index contributed by atoms with van der Waals surface area (Å²) in [5.74, 6) is -0.920. The van der Waals surface area contributed by atoms with Gasteiger partial charge in [-0.25, -0.2) is 9.78 Å². The Hall–Kier alpha value is -1.98. The Labute approximate surface area is 108 Å². The number of carboxylic acids is 1. The van der Waals surface area contributed by atoms with Gasteiger partial charge in [0.2, 0.25) is 6.29 Å². The summed E-state index contributed by atoms with van der Waals surface area (Å²) < 4.78 is 11.1. The van der Waals surface area contributed by atoms with Crippen LogP contribution in [0.25, 0.3) is 10.9 Å². The highest BCUT2D eigenvalue weighted by atomic mass is 16.7. The van der Waals surface area contributed by atoms with Crippen LogP contribution in [0.15, 0.2) is 24.3 Å². The van der Waals surface area contributed by atoms with E-state index in [1.165, 1.54) is 0 Å². The second-order valence-electron chi connectivity index (χ2n) is 4.80. The molecule has 4 rings (SSSR count). The Morgan fingerprint density at radius 3 is 3.05 bits per heavy atom. The lowest BCUT2D eigenvalue weighted by atomic mass is 9.95. The third kappa shape index (κ3) is 1.49. The number of aromatic carboxylic acids is 1. The maximum Gasteiger partial charge on any atom is 0.336 e. The summed E-state index contributed by atoms with van der Waals surface area (Å²) in [6.45, 7) is 0.496. The highest BCUT2D eigenvalue weighted by Gasteiger charge is 2.38. The molecule has 5 heteroatoms. The molecule has 0 radical (unpaired) electrons. The standard InChI is InChI=1S/C14H11NO4/c16-13(17)11-8-3-1-2-4-10(8)15-12-9(11)5-7-6-18-14(12)19-7/h1-4,7,14H,5-6H2,(H,16,17)/t7-,14-/m1/s1. The first-order chi connectivity index (χ1) is 9.24. The van der Waals surface area contributed by atoms with E-state index in [-0.39, 0.29) is 6.10 Å². The van der Waals surface area contributed by atoms with Crippen molar-refractivity contribution in [2.75, 3.05) is 6.61 Å². The number of benzene rings is 1. The van der Waals surface area contributed by atoms with Crippen molar-refractivity contribution < 1.29 is 19.4 Å². The van der Waals surface area contributed by atoms with Crippen molar-refractivity contribution in [3.8, 4) is 0 Å². The van der Waals surface area contributed by atoms with Crippen molar-refractivity contribution in [3.63, 3.8) is 0 Å². The first-order valence-corrected chi connectivity index (χ1v) is 6.16. The molecule has 2 atom stereocenters. The van der Waals surface area contributed by atoms with E-state index in [4.69, 9.17) is 9.47 Å². The number of nitrogens with zero attached hydrogens (tertiary/aromatic N) is 1. The third-order valence-corrected chi connectivity index (χ3v) is 3.64. The minimum atomic E-state index is -0.920. The Bertz CT molecular complexity index is 697. The van der Waals surface area contributed by atoms with Crippen molar-refractivity contribution in [3.05, 3.63) is 41.1 Å². The number of rotatable bonds is 1. The summed E-state index contributed by atoms with van der Waals surface area (Å²) in [6, 6.07) is 7.27. The molecule has 0 unspecified atom stereocenters. The lowest BCUT2D eigenvalue weighted by Crippen LogP contribution is -2.23. The lowest BCUT2D eigenvalue weighted by molar-refractivity contribution is -0.0708. The van der Waals surface area contributed by atoms with E-state index >= 15 is 0 Å². The van der Waals surface area contributed by atoms with Gasteiger partial charge in [0.1, 0.15) is 5.69 Å². The molecule has 0 saturated carbocycles.